The van der Waals surface area contributed by atoms with Crippen LogP contribution in [0.15, 0.2) is 18.2 Å². The first-order chi connectivity index (χ1) is 10.6. The molecule has 5 nitrogen and oxygen atoms in total. The molecule has 1 saturated heterocycles. The Morgan fingerprint density at radius 3 is 2.52 bits per heavy atom. The molecule has 6 heteroatoms. The number of rotatable bonds is 2. The number of carbonyl (C=O) groups is 2. The highest BCUT2D eigenvalue weighted by atomic mass is 19.1. The number of likely N-dealkylation sites (tertiary alicyclic amines) is 1. The van der Waals surface area contributed by atoms with Gasteiger partial charge in [-0.1, -0.05) is 32.9 Å². The largest absolute Gasteiger partial charge is 0.478 e. The van der Waals surface area contributed by atoms with Gasteiger partial charge in [-0.25, -0.2) is 9.18 Å². The van der Waals surface area contributed by atoms with Crippen LogP contribution in [0.4, 0.5) is 4.39 Å². The molecule has 1 aliphatic rings. The van der Waals surface area contributed by atoms with E-state index in [2.05, 4.69) is 0 Å². The van der Waals surface area contributed by atoms with Crippen LogP contribution in [0.5, 0.6) is 0 Å². The van der Waals surface area contributed by atoms with Gasteiger partial charge < -0.3 is 15.1 Å². The fraction of sp³-hybridized carbons (Fsp3) is 0.529. The van der Waals surface area contributed by atoms with Gasteiger partial charge in [0.25, 0.3) is 0 Å². The number of carboxylic acids is 1. The summed E-state index contributed by atoms with van der Waals surface area (Å²) in [7, 11) is 0. The normalized spacial score (nSPS) is 22.0. The smallest absolute Gasteiger partial charge is 0.338 e. The quantitative estimate of drug-likeness (QED) is 0.876. The third-order valence-electron chi connectivity index (χ3n) is 4.13. The topological polar surface area (TPSA) is 77.8 Å². The second-order valence-corrected chi connectivity index (χ2v) is 7.08. The molecular weight excluding hydrogens is 301 g/mol. The molecule has 0 radical (unpaired) electrons. The average Bonchev–Trinajstić information content (AvgIpc) is 2.45. The van der Waals surface area contributed by atoms with Crippen LogP contribution in [-0.4, -0.2) is 40.1 Å². The zero-order valence-electron chi connectivity index (χ0n) is 13.6. The molecule has 1 heterocycles. The molecule has 1 aromatic rings. The van der Waals surface area contributed by atoms with E-state index < -0.39 is 28.4 Å². The number of carboxylic acid groups (broad SMARTS) is 1. The zero-order chi connectivity index (χ0) is 17.4. The first kappa shape index (κ1) is 17.4. The van der Waals surface area contributed by atoms with Crippen molar-refractivity contribution < 1.29 is 24.2 Å². The predicted molar refractivity (Wildman–Crippen MR) is 82.5 cm³/mol. The summed E-state index contributed by atoms with van der Waals surface area (Å²) < 4.78 is 14.5. The van der Waals surface area contributed by atoms with Crippen molar-refractivity contribution in [1.29, 1.82) is 0 Å². The van der Waals surface area contributed by atoms with Gasteiger partial charge in [0.15, 0.2) is 0 Å². The van der Waals surface area contributed by atoms with Gasteiger partial charge in [0, 0.05) is 17.5 Å². The summed E-state index contributed by atoms with van der Waals surface area (Å²) >= 11 is 0. The van der Waals surface area contributed by atoms with Crippen molar-refractivity contribution in [2.75, 3.05) is 13.1 Å². The Hall–Kier alpha value is -1.95. The number of halogens is 1. The third kappa shape index (κ3) is 3.37. The minimum atomic E-state index is -1.57. The molecule has 1 atom stereocenters. The second-order valence-electron chi connectivity index (χ2n) is 7.08. The first-order valence-electron chi connectivity index (χ1n) is 7.60. The minimum Gasteiger partial charge on any atom is -0.478 e. The highest BCUT2D eigenvalue weighted by Crippen LogP contribution is 2.35. The lowest BCUT2D eigenvalue weighted by atomic mass is 9.83. The van der Waals surface area contributed by atoms with Crippen LogP contribution in [0.3, 0.4) is 0 Å². The lowest BCUT2D eigenvalue weighted by Gasteiger charge is -2.41. The standard InChI is InChI=1S/C17H22FNO4/c1-16(2,3)15(22)19-9-5-8-17(23,10-19)12-7-4-6-11(13(12)18)14(20)21/h4,6-7,23H,5,8-10H2,1-3H3,(H,20,21). The molecule has 1 fully saturated rings. The van der Waals surface area contributed by atoms with Crippen molar-refractivity contribution >= 4 is 11.9 Å². The highest BCUT2D eigenvalue weighted by Gasteiger charge is 2.41. The van der Waals surface area contributed by atoms with Gasteiger partial charge in [-0.15, -0.1) is 0 Å². The van der Waals surface area contributed by atoms with Crippen molar-refractivity contribution in [3.63, 3.8) is 0 Å². The molecule has 1 aliphatic heterocycles. The minimum absolute atomic E-state index is 0.0386. The van der Waals surface area contributed by atoms with Gasteiger partial charge in [0.2, 0.25) is 5.91 Å². The lowest BCUT2D eigenvalue weighted by Crippen LogP contribution is -2.51. The van der Waals surface area contributed by atoms with Gasteiger partial charge in [0.1, 0.15) is 11.4 Å². The van der Waals surface area contributed by atoms with Gasteiger partial charge >= 0.3 is 5.97 Å². The lowest BCUT2D eigenvalue weighted by molar-refractivity contribution is -0.147. The molecule has 126 valence electrons. The van der Waals surface area contributed by atoms with E-state index in [1.165, 1.54) is 17.0 Å². The molecule has 0 bridgehead atoms. The summed E-state index contributed by atoms with van der Waals surface area (Å²) in [5.74, 6) is -2.44. The van der Waals surface area contributed by atoms with Crippen molar-refractivity contribution in [1.82, 2.24) is 4.90 Å². The number of β-amino-alcohol motifs (C(OH)–C–C–N with tert-alkyl or cyclic N) is 1. The Bertz CT molecular complexity index is 638. The van der Waals surface area contributed by atoms with E-state index in [0.29, 0.717) is 13.0 Å². The maximum atomic E-state index is 14.5. The molecule has 0 saturated carbocycles. The average molecular weight is 323 g/mol. The van der Waals surface area contributed by atoms with Crippen LogP contribution in [0.2, 0.25) is 0 Å². The molecule has 2 N–H and O–H groups in total. The van der Waals surface area contributed by atoms with Gasteiger partial charge in [-0.05, 0) is 18.9 Å². The summed E-state index contributed by atoms with van der Waals surface area (Å²) in [5.41, 5.74) is -2.71. The summed E-state index contributed by atoms with van der Waals surface area (Å²) in [6.45, 7) is 5.82. The molecule has 23 heavy (non-hydrogen) atoms. The van der Waals surface area contributed by atoms with Crippen LogP contribution >= 0.6 is 0 Å². The number of nitrogens with zero attached hydrogens (tertiary/aromatic N) is 1. The Labute approximate surface area is 134 Å². The number of hydrogen-bond donors (Lipinski definition) is 2. The van der Waals surface area contributed by atoms with E-state index in [1.54, 1.807) is 20.8 Å². The number of benzene rings is 1. The molecule has 0 spiro atoms. The Kier molecular flexibility index (Phi) is 4.48. The molecule has 0 aliphatic carbocycles. The molecule has 0 aromatic heterocycles. The number of piperidine rings is 1. The second kappa shape index (κ2) is 5.92. The fourth-order valence-electron chi connectivity index (χ4n) is 2.96. The van der Waals surface area contributed by atoms with Gasteiger partial charge in [-0.2, -0.15) is 0 Å². The fourth-order valence-corrected chi connectivity index (χ4v) is 2.96. The van der Waals surface area contributed by atoms with Crippen molar-refractivity contribution in [2.24, 2.45) is 5.41 Å². The van der Waals surface area contributed by atoms with E-state index in [4.69, 9.17) is 5.11 Å². The summed E-state index contributed by atoms with van der Waals surface area (Å²) in [6.07, 6.45) is 0.802. The van der Waals surface area contributed by atoms with Crippen LogP contribution in [0.1, 0.15) is 49.5 Å². The maximum absolute atomic E-state index is 14.5. The number of hydrogen-bond acceptors (Lipinski definition) is 3. The van der Waals surface area contributed by atoms with E-state index >= 15 is 0 Å². The molecule has 2 rings (SSSR count). The van der Waals surface area contributed by atoms with Crippen molar-refractivity contribution in [3.8, 4) is 0 Å². The van der Waals surface area contributed by atoms with Crippen molar-refractivity contribution in [3.05, 3.63) is 35.1 Å². The number of aliphatic hydroxyl groups is 1. The Morgan fingerprint density at radius 1 is 1.30 bits per heavy atom. The van der Waals surface area contributed by atoms with Gasteiger partial charge in [0.05, 0.1) is 12.1 Å². The molecular formula is C17H22FNO4. The summed E-state index contributed by atoms with van der Waals surface area (Å²) in [5, 5.41) is 19.9. The first-order valence-corrected chi connectivity index (χ1v) is 7.60. The Balaban J connectivity index is 2.37. The van der Waals surface area contributed by atoms with E-state index in [9.17, 15) is 19.1 Å². The van der Waals surface area contributed by atoms with E-state index in [0.717, 1.165) is 6.07 Å². The van der Waals surface area contributed by atoms with E-state index in [1.807, 2.05) is 0 Å². The van der Waals surface area contributed by atoms with Crippen LogP contribution in [0, 0.1) is 11.2 Å². The number of amides is 1. The van der Waals surface area contributed by atoms with E-state index in [-0.39, 0.29) is 24.4 Å². The zero-order valence-corrected chi connectivity index (χ0v) is 13.6. The predicted octanol–water partition coefficient (Wildman–Crippen LogP) is 2.38. The number of carbonyl (C=O) groups excluding carboxylic acids is 1. The van der Waals surface area contributed by atoms with Crippen LogP contribution < -0.4 is 0 Å². The molecule has 1 unspecified atom stereocenters. The highest BCUT2D eigenvalue weighted by molar-refractivity contribution is 5.88. The van der Waals surface area contributed by atoms with Crippen LogP contribution in [0.25, 0.3) is 0 Å². The maximum Gasteiger partial charge on any atom is 0.338 e. The van der Waals surface area contributed by atoms with Crippen LogP contribution in [-0.2, 0) is 10.4 Å². The number of aromatic carboxylic acids is 1. The monoisotopic (exact) mass is 323 g/mol. The van der Waals surface area contributed by atoms with Gasteiger partial charge in [-0.3, -0.25) is 4.79 Å². The Morgan fingerprint density at radius 2 is 1.96 bits per heavy atom. The molecule has 1 aromatic carbocycles. The summed E-state index contributed by atoms with van der Waals surface area (Å²) in [4.78, 5) is 25.0. The third-order valence-corrected chi connectivity index (χ3v) is 4.13. The molecule has 1 amide bonds. The SMILES string of the molecule is CC(C)(C)C(=O)N1CCCC(O)(c2cccc(C(=O)O)c2F)C1. The van der Waals surface area contributed by atoms with Crippen molar-refractivity contribution in [2.45, 2.75) is 39.2 Å². The summed E-state index contributed by atoms with van der Waals surface area (Å²) in [6, 6.07) is 3.95.